The third-order valence-electron chi connectivity index (χ3n) is 5.38. The second-order valence-corrected chi connectivity index (χ2v) is 7.46. The molecule has 1 aliphatic carbocycles. The Labute approximate surface area is 138 Å². The molecule has 21 heavy (non-hydrogen) atoms. The lowest BCUT2D eigenvalue weighted by molar-refractivity contribution is 0.0967. The summed E-state index contributed by atoms with van der Waals surface area (Å²) >= 11 is 4.26. The second-order valence-electron chi connectivity index (χ2n) is 7.01. The Morgan fingerprint density at radius 2 is 1.29 bits per heavy atom. The highest BCUT2D eigenvalue weighted by molar-refractivity contribution is 7.80. The largest absolute Gasteiger partial charge is 0.301 e. The first-order valence-corrected chi connectivity index (χ1v) is 10.1. The number of hydrogen-bond acceptors (Lipinski definition) is 3. The molecule has 0 radical (unpaired) electrons. The van der Waals surface area contributed by atoms with Crippen LogP contribution >= 0.6 is 12.6 Å². The molecule has 0 bridgehead atoms. The summed E-state index contributed by atoms with van der Waals surface area (Å²) in [6.45, 7) is 6.63. The van der Waals surface area contributed by atoms with Gasteiger partial charge < -0.3 is 4.90 Å². The average Bonchev–Trinajstić information content (AvgIpc) is 3.05. The van der Waals surface area contributed by atoms with Crippen LogP contribution in [0.25, 0.3) is 0 Å². The van der Waals surface area contributed by atoms with Crippen LogP contribution in [0.5, 0.6) is 0 Å². The van der Waals surface area contributed by atoms with E-state index in [-0.39, 0.29) is 0 Å². The van der Waals surface area contributed by atoms with Gasteiger partial charge in [-0.15, -0.1) is 0 Å². The van der Waals surface area contributed by atoms with Crippen molar-refractivity contribution in [1.82, 2.24) is 9.80 Å². The number of rotatable bonds is 10. The lowest BCUT2D eigenvalue weighted by Gasteiger charge is -2.38. The summed E-state index contributed by atoms with van der Waals surface area (Å²) in [5.74, 6) is 1.06. The lowest BCUT2D eigenvalue weighted by Crippen LogP contribution is -2.49. The van der Waals surface area contributed by atoms with E-state index in [1.54, 1.807) is 0 Å². The monoisotopic (exact) mass is 312 g/mol. The molecule has 0 unspecified atom stereocenters. The van der Waals surface area contributed by atoms with Gasteiger partial charge in [-0.05, 0) is 38.0 Å². The van der Waals surface area contributed by atoms with Crippen LogP contribution < -0.4 is 0 Å². The van der Waals surface area contributed by atoms with E-state index in [0.29, 0.717) is 0 Å². The Balaban J connectivity index is 1.42. The van der Waals surface area contributed by atoms with Crippen molar-refractivity contribution in [3.05, 3.63) is 0 Å². The first kappa shape index (κ1) is 17.6. The van der Waals surface area contributed by atoms with E-state index in [4.69, 9.17) is 0 Å². The van der Waals surface area contributed by atoms with Gasteiger partial charge >= 0.3 is 0 Å². The zero-order valence-corrected chi connectivity index (χ0v) is 14.8. The molecule has 0 N–H and O–H groups in total. The van der Waals surface area contributed by atoms with E-state index in [2.05, 4.69) is 22.4 Å². The molecule has 124 valence electrons. The van der Waals surface area contributed by atoms with Crippen LogP contribution in [0.2, 0.25) is 0 Å². The van der Waals surface area contributed by atoms with Gasteiger partial charge in [0.1, 0.15) is 0 Å². The quantitative estimate of drug-likeness (QED) is 0.477. The smallest absolute Gasteiger partial charge is 0.0113 e. The molecule has 3 heteroatoms. The van der Waals surface area contributed by atoms with E-state index in [1.807, 2.05) is 0 Å². The fourth-order valence-electron chi connectivity index (χ4n) is 3.95. The summed E-state index contributed by atoms with van der Waals surface area (Å²) in [5.41, 5.74) is 0. The maximum Gasteiger partial charge on any atom is 0.0113 e. The van der Waals surface area contributed by atoms with Crippen LogP contribution in [0.4, 0.5) is 0 Å². The van der Waals surface area contributed by atoms with Gasteiger partial charge in [0.05, 0.1) is 0 Å². The van der Waals surface area contributed by atoms with Gasteiger partial charge in [-0.3, -0.25) is 4.90 Å². The standard InChI is InChI=1S/C18H36N2S/c21-17-9-5-3-1-2-4-8-12-19-13-15-20(16-14-19)18-10-6-7-11-18/h18,21H,1-17H2. The Kier molecular flexibility index (Phi) is 9.15. The molecule has 0 aromatic rings. The molecule has 1 saturated heterocycles. The molecule has 2 aliphatic rings. The van der Waals surface area contributed by atoms with Gasteiger partial charge in [-0.1, -0.05) is 44.9 Å². The van der Waals surface area contributed by atoms with Crippen molar-refractivity contribution in [3.8, 4) is 0 Å². The van der Waals surface area contributed by atoms with E-state index in [9.17, 15) is 0 Å². The van der Waals surface area contributed by atoms with E-state index in [0.717, 1.165) is 11.8 Å². The van der Waals surface area contributed by atoms with Crippen LogP contribution in [-0.2, 0) is 0 Å². The highest BCUT2D eigenvalue weighted by Crippen LogP contribution is 2.24. The minimum Gasteiger partial charge on any atom is -0.301 e. The highest BCUT2D eigenvalue weighted by Gasteiger charge is 2.25. The van der Waals surface area contributed by atoms with Gasteiger partial charge in [0.2, 0.25) is 0 Å². The summed E-state index contributed by atoms with van der Waals surface area (Å²) in [4.78, 5) is 5.47. The zero-order chi connectivity index (χ0) is 14.8. The first-order chi connectivity index (χ1) is 10.4. The molecular weight excluding hydrogens is 276 g/mol. The fourth-order valence-corrected chi connectivity index (χ4v) is 4.18. The first-order valence-electron chi connectivity index (χ1n) is 9.47. The van der Waals surface area contributed by atoms with Crippen molar-refractivity contribution in [2.75, 3.05) is 38.5 Å². The van der Waals surface area contributed by atoms with Crippen molar-refractivity contribution < 1.29 is 0 Å². The Morgan fingerprint density at radius 3 is 1.90 bits per heavy atom. The summed E-state index contributed by atoms with van der Waals surface area (Å²) in [6.07, 6.45) is 15.7. The van der Waals surface area contributed by atoms with E-state index in [1.165, 1.54) is 103 Å². The number of unbranched alkanes of at least 4 members (excludes halogenated alkanes) is 6. The van der Waals surface area contributed by atoms with Gasteiger partial charge in [0, 0.05) is 32.2 Å². The van der Waals surface area contributed by atoms with E-state index < -0.39 is 0 Å². The van der Waals surface area contributed by atoms with Crippen LogP contribution in [0.3, 0.4) is 0 Å². The maximum atomic E-state index is 4.26. The predicted molar refractivity (Wildman–Crippen MR) is 96.4 cm³/mol. The SMILES string of the molecule is SCCCCCCCCCN1CCN(C2CCCC2)CC1. The molecule has 2 rings (SSSR count). The molecule has 0 atom stereocenters. The molecule has 0 aromatic heterocycles. The van der Waals surface area contributed by atoms with Crippen LogP contribution in [0.15, 0.2) is 0 Å². The molecule has 0 amide bonds. The number of piperazine rings is 1. The van der Waals surface area contributed by atoms with E-state index >= 15 is 0 Å². The molecule has 1 saturated carbocycles. The summed E-state index contributed by atoms with van der Waals surface area (Å²) in [6, 6.07) is 0.935. The molecule has 2 fully saturated rings. The highest BCUT2D eigenvalue weighted by atomic mass is 32.1. The zero-order valence-electron chi connectivity index (χ0n) is 13.9. The minimum atomic E-state index is 0.935. The number of hydrogen-bond donors (Lipinski definition) is 1. The normalized spacial score (nSPS) is 22.1. The number of thiol groups is 1. The molecule has 0 spiro atoms. The van der Waals surface area contributed by atoms with Crippen molar-refractivity contribution >= 4 is 12.6 Å². The Bertz CT molecular complexity index is 246. The average molecular weight is 313 g/mol. The molecule has 0 aromatic carbocycles. The van der Waals surface area contributed by atoms with Crippen molar-refractivity contribution in [3.63, 3.8) is 0 Å². The summed E-state index contributed by atoms with van der Waals surface area (Å²) in [5, 5.41) is 0. The van der Waals surface area contributed by atoms with Gasteiger partial charge in [-0.2, -0.15) is 12.6 Å². The van der Waals surface area contributed by atoms with Crippen molar-refractivity contribution in [1.29, 1.82) is 0 Å². The fraction of sp³-hybridized carbons (Fsp3) is 1.00. The van der Waals surface area contributed by atoms with Gasteiger partial charge in [0.15, 0.2) is 0 Å². The van der Waals surface area contributed by atoms with Crippen LogP contribution in [0, 0.1) is 0 Å². The predicted octanol–water partition coefficient (Wildman–Crippen LogP) is 4.21. The maximum absolute atomic E-state index is 4.26. The second kappa shape index (κ2) is 10.9. The lowest BCUT2D eigenvalue weighted by atomic mass is 10.1. The third-order valence-corrected chi connectivity index (χ3v) is 5.70. The molecule has 2 nitrogen and oxygen atoms in total. The van der Waals surface area contributed by atoms with Crippen molar-refractivity contribution in [2.45, 2.75) is 76.7 Å². The summed E-state index contributed by atoms with van der Waals surface area (Å²) < 4.78 is 0. The van der Waals surface area contributed by atoms with Gasteiger partial charge in [-0.25, -0.2) is 0 Å². The summed E-state index contributed by atoms with van der Waals surface area (Å²) in [7, 11) is 0. The third kappa shape index (κ3) is 6.92. The topological polar surface area (TPSA) is 6.48 Å². The Morgan fingerprint density at radius 1 is 0.714 bits per heavy atom. The molecular formula is C18H36N2S. The van der Waals surface area contributed by atoms with Crippen LogP contribution in [-0.4, -0.2) is 54.3 Å². The van der Waals surface area contributed by atoms with Gasteiger partial charge in [0.25, 0.3) is 0 Å². The number of nitrogens with zero attached hydrogens (tertiary/aromatic N) is 2. The van der Waals surface area contributed by atoms with Crippen molar-refractivity contribution in [2.24, 2.45) is 0 Å². The van der Waals surface area contributed by atoms with Crippen LogP contribution in [0.1, 0.15) is 70.6 Å². The minimum absolute atomic E-state index is 0.935. The Hall–Kier alpha value is 0.270. The molecule has 1 heterocycles. The molecule has 1 aliphatic heterocycles.